The molecular weight excluding hydrogens is 1090 g/mol. The van der Waals surface area contributed by atoms with Crippen molar-refractivity contribution in [1.29, 1.82) is 0 Å². The van der Waals surface area contributed by atoms with Crippen molar-refractivity contribution < 1.29 is 26.3 Å². The van der Waals surface area contributed by atoms with Crippen LogP contribution < -0.4 is 4.90 Å². The fourth-order valence-corrected chi connectivity index (χ4v) is 13.1. The molecule has 11 heteroatoms. The van der Waals surface area contributed by atoms with Gasteiger partial charge in [-0.15, -0.1) is 0 Å². The minimum atomic E-state index is -4.55. The number of hydrogen-bond acceptors (Lipinski definition) is 4. The van der Waals surface area contributed by atoms with Gasteiger partial charge in [-0.05, 0) is 222 Å². The third-order valence-corrected chi connectivity index (χ3v) is 16.9. The molecule has 0 spiro atoms. The Kier molecular flexibility index (Phi) is 13.7. The molecule has 13 rings (SSSR count). The van der Waals surface area contributed by atoms with E-state index < -0.39 is 23.5 Å². The van der Waals surface area contributed by atoms with Gasteiger partial charge in [0.05, 0.1) is 39.6 Å². The minimum absolute atomic E-state index is 0.439. The highest BCUT2D eigenvalue weighted by Gasteiger charge is 2.32. The zero-order chi connectivity index (χ0) is 59.1. The first kappa shape index (κ1) is 54.7. The van der Waals surface area contributed by atoms with Crippen LogP contribution in [-0.4, -0.2) is 13.3 Å². The van der Waals surface area contributed by atoms with Crippen molar-refractivity contribution >= 4 is 61.6 Å². The van der Waals surface area contributed by atoms with E-state index in [4.69, 9.17) is 8.75 Å². The standard InChI is InChI=1S/C74H54F6N4S/c1-43-37-45(3)69(46(4)38-43)54-11-7-51(8-12-54)56-21-34-66-64(41-56)65-42-57(52-9-13-55(14-10-52)70-47(5)39-44(2)40-48(70)6)22-35-67(65)84(66)62-29-19-53(20-30-62)63-33-36-68(72-71(63)81-85-82-72)83(61-31-25-59(26-32-61)74(78,79)80)60-27-17-50(18-28-60)49-15-23-58(24-16-49)73(75,76)77/h7-42H,1-6H3. The lowest BCUT2D eigenvalue weighted by Crippen LogP contribution is -2.12. The molecule has 2 aromatic heterocycles. The summed E-state index contributed by atoms with van der Waals surface area (Å²) in [6, 6.07) is 69.4. The zero-order valence-electron chi connectivity index (χ0n) is 47.2. The highest BCUT2D eigenvalue weighted by atomic mass is 32.1. The van der Waals surface area contributed by atoms with E-state index in [-0.39, 0.29) is 0 Å². The van der Waals surface area contributed by atoms with Crippen LogP contribution in [0.3, 0.4) is 0 Å². The average molecular weight is 1150 g/mol. The van der Waals surface area contributed by atoms with E-state index in [9.17, 15) is 26.3 Å². The van der Waals surface area contributed by atoms with Crippen molar-refractivity contribution in [3.05, 3.63) is 263 Å². The number of halogens is 6. The average Bonchev–Trinajstić information content (AvgIpc) is 2.09. The molecule has 4 nitrogen and oxygen atoms in total. The van der Waals surface area contributed by atoms with E-state index >= 15 is 0 Å². The van der Waals surface area contributed by atoms with Gasteiger partial charge >= 0.3 is 12.4 Å². The second-order valence-corrected chi connectivity index (χ2v) is 22.7. The molecule has 0 aliphatic rings. The summed E-state index contributed by atoms with van der Waals surface area (Å²) in [6.45, 7) is 13.0. The molecule has 0 fully saturated rings. The third-order valence-electron chi connectivity index (χ3n) is 16.3. The number of hydrogen-bond donors (Lipinski definition) is 0. The fourth-order valence-electron chi connectivity index (χ4n) is 12.5. The summed E-state index contributed by atoms with van der Waals surface area (Å²) in [6.07, 6.45) is -9.02. The second kappa shape index (κ2) is 21.2. The Balaban J connectivity index is 0.878. The van der Waals surface area contributed by atoms with E-state index in [0.29, 0.717) is 39.2 Å². The Morgan fingerprint density at radius 3 is 1.15 bits per heavy atom. The molecule has 0 bridgehead atoms. The van der Waals surface area contributed by atoms with E-state index in [0.717, 1.165) is 96.9 Å². The number of aromatic nitrogens is 3. The predicted molar refractivity (Wildman–Crippen MR) is 337 cm³/mol. The summed E-state index contributed by atoms with van der Waals surface area (Å²) in [7, 11) is 0. The van der Waals surface area contributed by atoms with Crippen molar-refractivity contribution in [2.75, 3.05) is 4.90 Å². The molecular formula is C74H54F6N4S. The lowest BCUT2D eigenvalue weighted by atomic mass is 9.92. The molecule has 0 aliphatic carbocycles. The van der Waals surface area contributed by atoms with Gasteiger partial charge in [0.25, 0.3) is 0 Å². The van der Waals surface area contributed by atoms with Gasteiger partial charge in [-0.2, -0.15) is 35.1 Å². The normalized spacial score (nSPS) is 12.0. The maximum atomic E-state index is 13.9. The van der Waals surface area contributed by atoms with E-state index in [1.165, 1.54) is 79.9 Å². The van der Waals surface area contributed by atoms with Crippen LogP contribution in [0.25, 0.3) is 105 Å². The van der Waals surface area contributed by atoms with Crippen molar-refractivity contribution in [3.63, 3.8) is 0 Å². The molecule has 0 saturated heterocycles. The Morgan fingerprint density at radius 1 is 0.353 bits per heavy atom. The smallest absolute Gasteiger partial charge is 0.309 e. The van der Waals surface area contributed by atoms with Gasteiger partial charge in [0, 0.05) is 33.4 Å². The largest absolute Gasteiger partial charge is 0.416 e. The van der Waals surface area contributed by atoms with E-state index in [1.807, 2.05) is 17.0 Å². The predicted octanol–water partition coefficient (Wildman–Crippen LogP) is 22.1. The van der Waals surface area contributed by atoms with Gasteiger partial charge in [-0.3, -0.25) is 0 Å². The topological polar surface area (TPSA) is 34.0 Å². The van der Waals surface area contributed by atoms with Crippen molar-refractivity contribution in [2.45, 2.75) is 53.9 Å². The van der Waals surface area contributed by atoms with Crippen LogP contribution in [0.5, 0.6) is 0 Å². The maximum absolute atomic E-state index is 13.9. The number of alkyl halides is 6. The van der Waals surface area contributed by atoms with E-state index in [1.54, 1.807) is 24.3 Å². The van der Waals surface area contributed by atoms with Crippen LogP contribution in [0.15, 0.2) is 218 Å². The monoisotopic (exact) mass is 1140 g/mol. The number of fused-ring (bicyclic) bond motifs is 4. The fraction of sp³-hybridized carbons (Fsp3) is 0.108. The Morgan fingerprint density at radius 2 is 0.706 bits per heavy atom. The summed E-state index contributed by atoms with van der Waals surface area (Å²) in [5.41, 5.74) is 24.2. The van der Waals surface area contributed by atoms with Gasteiger partial charge in [0.2, 0.25) is 0 Å². The Bertz CT molecular complexity index is 4490. The zero-order valence-corrected chi connectivity index (χ0v) is 48.1. The van der Waals surface area contributed by atoms with Gasteiger partial charge < -0.3 is 9.47 Å². The molecule has 0 atom stereocenters. The molecule has 0 radical (unpaired) electrons. The first-order valence-corrected chi connectivity index (χ1v) is 28.6. The molecule has 0 N–H and O–H groups in total. The van der Waals surface area contributed by atoms with Crippen LogP contribution in [0, 0.1) is 41.5 Å². The van der Waals surface area contributed by atoms with E-state index in [2.05, 4.69) is 180 Å². The lowest BCUT2D eigenvalue weighted by Gasteiger charge is -2.26. The third kappa shape index (κ3) is 10.2. The molecule has 0 amide bonds. The highest BCUT2D eigenvalue weighted by molar-refractivity contribution is 7.00. The van der Waals surface area contributed by atoms with Crippen molar-refractivity contribution in [1.82, 2.24) is 13.3 Å². The minimum Gasteiger partial charge on any atom is -0.309 e. The molecule has 0 saturated carbocycles. The van der Waals surface area contributed by atoms with Gasteiger partial charge in [0.1, 0.15) is 11.0 Å². The van der Waals surface area contributed by atoms with Gasteiger partial charge in [-0.25, -0.2) is 0 Å². The molecule has 0 unspecified atom stereocenters. The summed E-state index contributed by atoms with van der Waals surface area (Å²) in [4.78, 5) is 1.82. The van der Waals surface area contributed by atoms with Gasteiger partial charge in [-0.1, -0.05) is 132 Å². The molecule has 85 heavy (non-hydrogen) atoms. The lowest BCUT2D eigenvalue weighted by molar-refractivity contribution is -0.138. The quantitative estimate of drug-likeness (QED) is 0.128. The number of nitrogens with zero attached hydrogens (tertiary/aromatic N) is 4. The van der Waals surface area contributed by atoms with Crippen LogP contribution in [-0.2, 0) is 12.4 Å². The molecule has 418 valence electrons. The SMILES string of the molecule is Cc1cc(C)c(-c2ccc(-c3ccc4c(c3)c3cc(-c5ccc(-c6c(C)cc(C)cc6C)cc5)ccc3n4-c3ccc(-c4ccc(N(c5ccc(-c6ccc(C(F)(F)F)cc6)cc5)c5ccc(C(F)(F)F)cc5)c5nsnc45)cc3)cc2)c(C)c1. The van der Waals surface area contributed by atoms with Gasteiger partial charge in [0.15, 0.2) is 0 Å². The molecule has 11 aromatic carbocycles. The first-order valence-electron chi connectivity index (χ1n) is 27.9. The van der Waals surface area contributed by atoms with Crippen LogP contribution in [0.1, 0.15) is 44.5 Å². The number of rotatable bonds is 10. The van der Waals surface area contributed by atoms with Crippen molar-refractivity contribution in [2.24, 2.45) is 0 Å². The Hall–Kier alpha value is -9.58. The van der Waals surface area contributed by atoms with Crippen LogP contribution >= 0.6 is 11.7 Å². The summed E-state index contributed by atoms with van der Waals surface area (Å²) in [5.74, 6) is 0. The van der Waals surface area contributed by atoms with Crippen LogP contribution in [0.2, 0.25) is 0 Å². The maximum Gasteiger partial charge on any atom is 0.416 e. The Labute approximate surface area is 492 Å². The summed E-state index contributed by atoms with van der Waals surface area (Å²) >= 11 is 1.04. The second-order valence-electron chi connectivity index (χ2n) is 22.1. The molecule has 2 heterocycles. The first-order chi connectivity index (χ1) is 40.8. The number of aryl methyl sites for hydroxylation is 6. The summed E-state index contributed by atoms with van der Waals surface area (Å²) < 4.78 is 93.7. The highest BCUT2D eigenvalue weighted by Crippen LogP contribution is 2.45. The molecule has 13 aromatic rings. The number of anilines is 3. The molecule has 0 aliphatic heterocycles. The number of benzene rings is 11. The summed E-state index contributed by atoms with van der Waals surface area (Å²) in [5, 5.41) is 2.24. The van der Waals surface area contributed by atoms with Crippen molar-refractivity contribution in [3.8, 4) is 72.4 Å². The van der Waals surface area contributed by atoms with Crippen LogP contribution in [0.4, 0.5) is 43.4 Å².